The zero-order chi connectivity index (χ0) is 20.2. The van der Waals surface area contributed by atoms with E-state index >= 15 is 0 Å². The molecule has 0 bridgehead atoms. The van der Waals surface area contributed by atoms with Gasteiger partial charge in [-0.2, -0.15) is 0 Å². The van der Waals surface area contributed by atoms with Gasteiger partial charge in [0.2, 0.25) is 5.91 Å². The van der Waals surface area contributed by atoms with Crippen LogP contribution in [0.25, 0.3) is 0 Å². The van der Waals surface area contributed by atoms with Gasteiger partial charge in [0, 0.05) is 36.6 Å². The van der Waals surface area contributed by atoms with E-state index < -0.39 is 6.04 Å². The van der Waals surface area contributed by atoms with Crippen LogP contribution in [0.2, 0.25) is 0 Å². The predicted octanol–water partition coefficient (Wildman–Crippen LogP) is 3.10. The van der Waals surface area contributed by atoms with Gasteiger partial charge in [-0.15, -0.1) is 0 Å². The second kappa shape index (κ2) is 8.14. The highest BCUT2D eigenvalue weighted by atomic mass is 16.5. The monoisotopic (exact) mass is 387 g/mol. The quantitative estimate of drug-likeness (QED) is 0.706. The summed E-state index contributed by atoms with van der Waals surface area (Å²) in [5.74, 6) is 0.336. The van der Waals surface area contributed by atoms with Gasteiger partial charge in [-0.25, -0.2) is 0 Å². The number of nitrogens with zero attached hydrogens (tertiary/aromatic N) is 2. The third-order valence-electron chi connectivity index (χ3n) is 5.03. The molecule has 0 spiro atoms. The van der Waals surface area contributed by atoms with E-state index in [0.717, 1.165) is 16.7 Å². The van der Waals surface area contributed by atoms with Crippen LogP contribution in [0.15, 0.2) is 73.1 Å². The highest BCUT2D eigenvalue weighted by Crippen LogP contribution is 2.35. The van der Waals surface area contributed by atoms with Crippen LogP contribution in [0.3, 0.4) is 0 Å². The molecule has 6 nitrogen and oxygen atoms in total. The Morgan fingerprint density at radius 2 is 1.90 bits per heavy atom. The number of aromatic nitrogens is 1. The second-order valence-corrected chi connectivity index (χ2v) is 6.81. The maximum atomic E-state index is 13.2. The van der Waals surface area contributed by atoms with Crippen molar-refractivity contribution < 1.29 is 14.3 Å². The van der Waals surface area contributed by atoms with Crippen molar-refractivity contribution in [2.75, 3.05) is 7.11 Å². The van der Waals surface area contributed by atoms with Crippen molar-refractivity contribution in [3.63, 3.8) is 0 Å². The lowest BCUT2D eigenvalue weighted by molar-refractivity contribution is -0.125. The van der Waals surface area contributed by atoms with Crippen molar-refractivity contribution in [1.82, 2.24) is 15.2 Å². The first-order chi connectivity index (χ1) is 14.2. The molecule has 1 aliphatic heterocycles. The van der Waals surface area contributed by atoms with E-state index in [1.165, 1.54) is 0 Å². The summed E-state index contributed by atoms with van der Waals surface area (Å²) < 4.78 is 5.35. The number of benzene rings is 2. The number of para-hydroxylation sites is 1. The average Bonchev–Trinajstić information content (AvgIpc) is 3.05. The molecule has 1 aliphatic rings. The molecule has 4 rings (SSSR count). The molecule has 2 aromatic carbocycles. The highest BCUT2D eigenvalue weighted by Gasteiger charge is 2.40. The standard InChI is InChI=1S/C23H21N3O3/c1-29-20-11-5-2-8-17(20)14-25-22(27)21-18-9-3-4-10-19(18)23(28)26(21)15-16-7-6-12-24-13-16/h2-13,21H,14-15H2,1H3,(H,25,27). The Morgan fingerprint density at radius 3 is 2.69 bits per heavy atom. The van der Waals surface area contributed by atoms with E-state index in [0.29, 0.717) is 24.4 Å². The number of carbonyl (C=O) groups excluding carboxylic acids is 2. The molecule has 0 fully saturated rings. The topological polar surface area (TPSA) is 71.5 Å². The first-order valence-corrected chi connectivity index (χ1v) is 9.37. The van der Waals surface area contributed by atoms with Crippen LogP contribution in [0, 0.1) is 0 Å². The third-order valence-corrected chi connectivity index (χ3v) is 5.03. The lowest BCUT2D eigenvalue weighted by atomic mass is 10.0. The van der Waals surface area contributed by atoms with E-state index in [9.17, 15) is 9.59 Å². The number of hydrogen-bond donors (Lipinski definition) is 1. The molecule has 2 heterocycles. The lowest BCUT2D eigenvalue weighted by Gasteiger charge is -2.25. The van der Waals surface area contributed by atoms with Crippen molar-refractivity contribution in [3.05, 3.63) is 95.3 Å². The molecule has 1 N–H and O–H groups in total. The molecule has 1 aromatic heterocycles. The van der Waals surface area contributed by atoms with Gasteiger partial charge < -0.3 is 15.0 Å². The highest BCUT2D eigenvalue weighted by molar-refractivity contribution is 6.04. The van der Waals surface area contributed by atoms with Crippen molar-refractivity contribution in [1.29, 1.82) is 0 Å². The van der Waals surface area contributed by atoms with Gasteiger partial charge in [0.05, 0.1) is 7.11 Å². The fourth-order valence-corrected chi connectivity index (χ4v) is 3.63. The molecule has 0 saturated carbocycles. The fourth-order valence-electron chi connectivity index (χ4n) is 3.63. The molecular formula is C23H21N3O3. The van der Waals surface area contributed by atoms with E-state index in [1.807, 2.05) is 54.6 Å². The maximum absolute atomic E-state index is 13.2. The zero-order valence-electron chi connectivity index (χ0n) is 16.0. The van der Waals surface area contributed by atoms with Crippen LogP contribution >= 0.6 is 0 Å². The minimum atomic E-state index is -0.686. The number of nitrogens with one attached hydrogen (secondary N) is 1. The van der Waals surface area contributed by atoms with Gasteiger partial charge in [-0.3, -0.25) is 14.6 Å². The summed E-state index contributed by atoms with van der Waals surface area (Å²) in [5, 5.41) is 2.96. The minimum Gasteiger partial charge on any atom is -0.496 e. The molecule has 2 amide bonds. The number of ether oxygens (including phenoxy) is 1. The van der Waals surface area contributed by atoms with Gasteiger partial charge >= 0.3 is 0 Å². The van der Waals surface area contributed by atoms with Crippen LogP contribution < -0.4 is 10.1 Å². The normalized spacial score (nSPS) is 15.1. The van der Waals surface area contributed by atoms with E-state index in [2.05, 4.69) is 10.3 Å². The lowest BCUT2D eigenvalue weighted by Crippen LogP contribution is -2.38. The summed E-state index contributed by atoms with van der Waals surface area (Å²) in [7, 11) is 1.60. The van der Waals surface area contributed by atoms with Crippen LogP contribution in [-0.2, 0) is 17.9 Å². The molecule has 6 heteroatoms. The molecule has 1 atom stereocenters. The third kappa shape index (κ3) is 3.69. The molecule has 3 aromatic rings. The predicted molar refractivity (Wildman–Crippen MR) is 108 cm³/mol. The van der Waals surface area contributed by atoms with Crippen molar-refractivity contribution in [3.8, 4) is 5.75 Å². The van der Waals surface area contributed by atoms with E-state index in [1.54, 1.807) is 30.5 Å². The molecule has 0 saturated heterocycles. The fraction of sp³-hybridized carbons (Fsp3) is 0.174. The van der Waals surface area contributed by atoms with Crippen LogP contribution in [0.1, 0.15) is 33.1 Å². The summed E-state index contributed by atoms with van der Waals surface area (Å²) in [6.45, 7) is 0.629. The van der Waals surface area contributed by atoms with E-state index in [4.69, 9.17) is 4.74 Å². The summed E-state index contributed by atoms with van der Waals surface area (Å²) in [5.41, 5.74) is 3.03. The van der Waals surface area contributed by atoms with Crippen LogP contribution in [0.4, 0.5) is 0 Å². The number of methoxy groups -OCH3 is 1. The SMILES string of the molecule is COc1ccccc1CNC(=O)C1c2ccccc2C(=O)N1Cc1cccnc1. The largest absolute Gasteiger partial charge is 0.496 e. The van der Waals surface area contributed by atoms with Gasteiger partial charge in [0.1, 0.15) is 11.8 Å². The molecular weight excluding hydrogens is 366 g/mol. The Labute approximate surface area is 169 Å². The molecule has 146 valence electrons. The van der Waals surface area contributed by atoms with Gasteiger partial charge in [0.15, 0.2) is 0 Å². The van der Waals surface area contributed by atoms with E-state index in [-0.39, 0.29) is 11.8 Å². The second-order valence-electron chi connectivity index (χ2n) is 6.81. The molecule has 0 radical (unpaired) electrons. The minimum absolute atomic E-state index is 0.151. The summed E-state index contributed by atoms with van der Waals surface area (Å²) in [6, 6.07) is 17.8. The number of fused-ring (bicyclic) bond motifs is 1. The molecule has 1 unspecified atom stereocenters. The van der Waals surface area contributed by atoms with Crippen molar-refractivity contribution in [2.24, 2.45) is 0 Å². The smallest absolute Gasteiger partial charge is 0.255 e. The first kappa shape index (κ1) is 18.7. The Hall–Kier alpha value is -3.67. The van der Waals surface area contributed by atoms with Crippen molar-refractivity contribution >= 4 is 11.8 Å². The summed E-state index contributed by atoms with van der Waals surface area (Å²) >= 11 is 0. The Morgan fingerprint density at radius 1 is 1.10 bits per heavy atom. The van der Waals surface area contributed by atoms with Gasteiger partial charge in [-0.05, 0) is 29.3 Å². The van der Waals surface area contributed by atoms with Gasteiger partial charge in [0.25, 0.3) is 5.91 Å². The Kier molecular flexibility index (Phi) is 5.24. The first-order valence-electron chi connectivity index (χ1n) is 9.37. The zero-order valence-corrected chi connectivity index (χ0v) is 16.0. The molecule has 29 heavy (non-hydrogen) atoms. The van der Waals surface area contributed by atoms with Crippen molar-refractivity contribution in [2.45, 2.75) is 19.1 Å². The number of amides is 2. The van der Waals surface area contributed by atoms with Crippen LogP contribution in [0.5, 0.6) is 5.75 Å². The maximum Gasteiger partial charge on any atom is 0.255 e. The summed E-state index contributed by atoms with van der Waals surface area (Å²) in [4.78, 5) is 31.9. The van der Waals surface area contributed by atoms with Crippen LogP contribution in [-0.4, -0.2) is 28.8 Å². The Bertz CT molecular complexity index is 1040. The Balaban J connectivity index is 1.59. The molecule has 0 aliphatic carbocycles. The number of carbonyl (C=O) groups is 2. The number of rotatable bonds is 6. The number of hydrogen-bond acceptors (Lipinski definition) is 4. The average molecular weight is 387 g/mol. The number of pyridine rings is 1. The summed E-state index contributed by atoms with van der Waals surface area (Å²) in [6.07, 6.45) is 3.39. The van der Waals surface area contributed by atoms with Gasteiger partial charge in [-0.1, -0.05) is 42.5 Å².